The number of nitrogens with one attached hydrogen (secondary N) is 1. The van der Waals surface area contributed by atoms with Gasteiger partial charge in [-0.2, -0.15) is 0 Å². The van der Waals surface area contributed by atoms with E-state index in [2.05, 4.69) is 53.8 Å². The summed E-state index contributed by atoms with van der Waals surface area (Å²) in [5.74, 6) is 0.683. The molecule has 126 valence electrons. The van der Waals surface area contributed by atoms with Crippen molar-refractivity contribution in [2.45, 2.75) is 58.3 Å². The lowest BCUT2D eigenvalue weighted by atomic mass is 9.68. The highest BCUT2D eigenvalue weighted by molar-refractivity contribution is 5.75. The fourth-order valence-corrected chi connectivity index (χ4v) is 4.00. The molecule has 2 atom stereocenters. The van der Waals surface area contributed by atoms with Gasteiger partial charge in [-0.25, -0.2) is 4.98 Å². The quantitative estimate of drug-likeness (QED) is 0.781. The van der Waals surface area contributed by atoms with Gasteiger partial charge >= 0.3 is 0 Å². The molecule has 0 saturated carbocycles. The van der Waals surface area contributed by atoms with Gasteiger partial charge < -0.3 is 9.88 Å². The fourth-order valence-electron chi connectivity index (χ4n) is 4.00. The Kier molecular flexibility index (Phi) is 5.05. The number of imidazole rings is 1. The molecule has 0 radical (unpaired) electrons. The maximum absolute atomic E-state index is 4.34. The van der Waals surface area contributed by atoms with Gasteiger partial charge in [-0.05, 0) is 55.0 Å². The average Bonchev–Trinajstić information content (AvgIpc) is 3.02. The van der Waals surface area contributed by atoms with Crippen LogP contribution in [-0.4, -0.2) is 34.5 Å². The molecular formula is C20H31N3. The lowest BCUT2D eigenvalue weighted by molar-refractivity contribution is 0.109. The van der Waals surface area contributed by atoms with Gasteiger partial charge in [-0.1, -0.05) is 46.1 Å². The van der Waals surface area contributed by atoms with Gasteiger partial charge in [0.2, 0.25) is 0 Å². The minimum Gasteiger partial charge on any atom is -0.345 e. The van der Waals surface area contributed by atoms with Crippen molar-refractivity contribution in [2.75, 3.05) is 19.6 Å². The topological polar surface area (TPSA) is 31.9 Å². The van der Waals surface area contributed by atoms with Crippen LogP contribution in [0.5, 0.6) is 0 Å². The van der Waals surface area contributed by atoms with E-state index in [1.807, 2.05) is 0 Å². The maximum atomic E-state index is 4.34. The molecule has 3 rings (SSSR count). The molecule has 3 heteroatoms. The summed E-state index contributed by atoms with van der Waals surface area (Å²) in [5, 5.41) is 0. The van der Waals surface area contributed by atoms with Gasteiger partial charge in [-0.15, -0.1) is 0 Å². The monoisotopic (exact) mass is 313 g/mol. The number of unbranched alkanes of at least 4 members (excludes halogenated alkanes) is 3. The summed E-state index contributed by atoms with van der Waals surface area (Å²) in [6.07, 6.45) is 8.49. The van der Waals surface area contributed by atoms with Crippen LogP contribution in [0.25, 0.3) is 11.0 Å². The number of nitrogens with zero attached hydrogens (tertiary/aromatic N) is 2. The zero-order valence-electron chi connectivity index (χ0n) is 14.9. The van der Waals surface area contributed by atoms with E-state index in [-0.39, 0.29) is 5.41 Å². The summed E-state index contributed by atoms with van der Waals surface area (Å²) in [7, 11) is 0. The van der Waals surface area contributed by atoms with Crippen LogP contribution in [0, 0.1) is 5.92 Å². The van der Waals surface area contributed by atoms with E-state index in [9.17, 15) is 0 Å². The number of H-pyrrole nitrogens is 1. The first-order valence-electron chi connectivity index (χ1n) is 9.29. The van der Waals surface area contributed by atoms with Crippen LogP contribution < -0.4 is 0 Å². The van der Waals surface area contributed by atoms with Crippen LogP contribution >= 0.6 is 0 Å². The third-order valence-corrected chi connectivity index (χ3v) is 5.97. The number of hydrogen-bond donors (Lipinski definition) is 1. The second-order valence-electron chi connectivity index (χ2n) is 7.56. The largest absolute Gasteiger partial charge is 0.345 e. The summed E-state index contributed by atoms with van der Waals surface area (Å²) in [6.45, 7) is 10.9. The average molecular weight is 313 g/mol. The molecule has 0 spiro atoms. The summed E-state index contributed by atoms with van der Waals surface area (Å²) >= 11 is 0. The van der Waals surface area contributed by atoms with E-state index < -0.39 is 0 Å². The second-order valence-corrected chi connectivity index (χ2v) is 7.56. The number of fused-ring (bicyclic) bond motifs is 1. The van der Waals surface area contributed by atoms with E-state index in [0.717, 1.165) is 11.0 Å². The lowest BCUT2D eigenvalue weighted by Crippen LogP contribution is -2.47. The predicted molar refractivity (Wildman–Crippen MR) is 97.8 cm³/mol. The van der Waals surface area contributed by atoms with Gasteiger partial charge in [-0.3, -0.25) is 0 Å². The van der Waals surface area contributed by atoms with Crippen LogP contribution in [-0.2, 0) is 5.41 Å². The SMILES string of the molecule is CCCCCCN1CC[C@](C)(c2ccc3nc[nH]c3c2)[C@@H](C)C1. The van der Waals surface area contributed by atoms with E-state index in [4.69, 9.17) is 0 Å². The number of aromatic nitrogens is 2. The molecule has 1 aromatic heterocycles. The Labute approximate surface area is 140 Å². The number of rotatable bonds is 6. The van der Waals surface area contributed by atoms with Gasteiger partial charge in [0.1, 0.15) is 0 Å². The van der Waals surface area contributed by atoms with Crippen LogP contribution in [0.4, 0.5) is 0 Å². The number of piperidine rings is 1. The molecule has 2 aromatic rings. The Morgan fingerprint density at radius 2 is 2.17 bits per heavy atom. The smallest absolute Gasteiger partial charge is 0.0931 e. The molecule has 3 nitrogen and oxygen atoms in total. The van der Waals surface area contributed by atoms with E-state index in [0.29, 0.717) is 5.92 Å². The highest BCUT2D eigenvalue weighted by atomic mass is 15.1. The molecule has 0 aliphatic carbocycles. The van der Waals surface area contributed by atoms with E-state index >= 15 is 0 Å². The van der Waals surface area contributed by atoms with Crippen molar-refractivity contribution in [1.29, 1.82) is 0 Å². The van der Waals surface area contributed by atoms with Crippen molar-refractivity contribution >= 4 is 11.0 Å². The molecule has 1 fully saturated rings. The van der Waals surface area contributed by atoms with Gasteiger partial charge in [0.15, 0.2) is 0 Å². The Bertz CT molecular complexity index is 633. The molecule has 1 aliphatic rings. The number of benzene rings is 1. The molecule has 2 heterocycles. The highest BCUT2D eigenvalue weighted by Gasteiger charge is 2.37. The van der Waals surface area contributed by atoms with Gasteiger partial charge in [0.25, 0.3) is 0 Å². The molecule has 0 amide bonds. The highest BCUT2D eigenvalue weighted by Crippen LogP contribution is 2.40. The van der Waals surface area contributed by atoms with Crippen molar-refractivity contribution in [3.05, 3.63) is 30.1 Å². The summed E-state index contributed by atoms with van der Waals surface area (Å²) in [5.41, 5.74) is 3.97. The molecule has 1 aliphatic heterocycles. The number of aromatic amines is 1. The normalized spacial score (nSPS) is 26.0. The molecule has 1 aromatic carbocycles. The third kappa shape index (κ3) is 3.45. The minimum absolute atomic E-state index is 0.277. The molecule has 0 unspecified atom stereocenters. The van der Waals surface area contributed by atoms with Crippen molar-refractivity contribution < 1.29 is 0 Å². The van der Waals surface area contributed by atoms with Crippen LogP contribution in [0.2, 0.25) is 0 Å². The van der Waals surface area contributed by atoms with Gasteiger partial charge in [0, 0.05) is 6.54 Å². The van der Waals surface area contributed by atoms with E-state index in [1.54, 1.807) is 6.33 Å². The summed E-state index contributed by atoms with van der Waals surface area (Å²) in [4.78, 5) is 10.3. The predicted octanol–water partition coefficient (Wildman–Crippen LogP) is 4.74. The zero-order chi connectivity index (χ0) is 16.3. The molecular weight excluding hydrogens is 282 g/mol. The van der Waals surface area contributed by atoms with Crippen molar-refractivity contribution in [1.82, 2.24) is 14.9 Å². The number of likely N-dealkylation sites (tertiary alicyclic amines) is 1. The second kappa shape index (κ2) is 7.04. The van der Waals surface area contributed by atoms with Crippen molar-refractivity contribution in [2.24, 2.45) is 5.92 Å². The third-order valence-electron chi connectivity index (χ3n) is 5.97. The fraction of sp³-hybridized carbons (Fsp3) is 0.650. The Morgan fingerprint density at radius 3 is 2.96 bits per heavy atom. The first-order chi connectivity index (χ1) is 11.1. The van der Waals surface area contributed by atoms with Crippen LogP contribution in [0.1, 0.15) is 58.4 Å². The minimum atomic E-state index is 0.277. The van der Waals surface area contributed by atoms with E-state index in [1.165, 1.54) is 57.3 Å². The molecule has 1 N–H and O–H groups in total. The Morgan fingerprint density at radius 1 is 1.30 bits per heavy atom. The maximum Gasteiger partial charge on any atom is 0.0931 e. The molecule has 1 saturated heterocycles. The first-order valence-corrected chi connectivity index (χ1v) is 9.29. The van der Waals surface area contributed by atoms with Crippen LogP contribution in [0.3, 0.4) is 0 Å². The number of hydrogen-bond acceptors (Lipinski definition) is 2. The Balaban J connectivity index is 1.66. The van der Waals surface area contributed by atoms with Crippen molar-refractivity contribution in [3.63, 3.8) is 0 Å². The molecule has 0 bridgehead atoms. The van der Waals surface area contributed by atoms with Crippen LogP contribution in [0.15, 0.2) is 24.5 Å². The lowest BCUT2D eigenvalue weighted by Gasteiger charge is -2.45. The van der Waals surface area contributed by atoms with Crippen molar-refractivity contribution in [3.8, 4) is 0 Å². The zero-order valence-corrected chi connectivity index (χ0v) is 14.9. The molecule has 23 heavy (non-hydrogen) atoms. The summed E-state index contributed by atoms with van der Waals surface area (Å²) < 4.78 is 0. The van der Waals surface area contributed by atoms with Gasteiger partial charge in [0.05, 0.1) is 17.4 Å². The Hall–Kier alpha value is -1.35. The first kappa shape index (κ1) is 16.5. The summed E-state index contributed by atoms with van der Waals surface area (Å²) in [6, 6.07) is 6.77. The standard InChI is InChI=1S/C20H31N3/c1-4-5-6-7-11-23-12-10-20(3,16(2)14-23)17-8-9-18-19(13-17)22-15-21-18/h8-9,13,15-16H,4-7,10-12,14H2,1-3H3,(H,21,22)/t16-,20-/m0/s1.